The maximum Gasteiger partial charge on any atom is 0.271 e. The number of hydrogen-bond donors (Lipinski definition) is 1. The van der Waals surface area contributed by atoms with Gasteiger partial charge in [-0.15, -0.1) is 0 Å². The van der Waals surface area contributed by atoms with Gasteiger partial charge in [0, 0.05) is 13.3 Å². The summed E-state index contributed by atoms with van der Waals surface area (Å²) < 4.78 is 4.67. The lowest BCUT2D eigenvalue weighted by atomic mass is 10.3. The lowest BCUT2D eigenvalue weighted by molar-refractivity contribution is 0.0867. The zero-order valence-electron chi connectivity index (χ0n) is 6.78. The molecule has 0 saturated heterocycles. The molecular weight excluding hydrogens is 156 g/mol. The third kappa shape index (κ3) is 2.32. The van der Waals surface area contributed by atoms with E-state index in [-0.39, 0.29) is 12.6 Å². The van der Waals surface area contributed by atoms with Crippen molar-refractivity contribution >= 4 is 5.91 Å². The molecule has 0 aliphatic heterocycles. The van der Waals surface area contributed by atoms with Crippen LogP contribution in [0, 0.1) is 0 Å². The Hall–Kier alpha value is -1.42. The van der Waals surface area contributed by atoms with Crippen molar-refractivity contribution in [3.05, 3.63) is 30.1 Å². The van der Waals surface area contributed by atoms with E-state index in [0.29, 0.717) is 5.69 Å². The number of carbonyl (C=O) groups is 1. The van der Waals surface area contributed by atoms with Crippen LogP contribution >= 0.6 is 0 Å². The van der Waals surface area contributed by atoms with E-state index in [1.807, 2.05) is 0 Å². The Labute approximate surface area is 70.6 Å². The number of aromatic nitrogens is 1. The van der Waals surface area contributed by atoms with Gasteiger partial charge in [0.15, 0.2) is 0 Å². The number of rotatable bonds is 3. The van der Waals surface area contributed by atoms with Crippen LogP contribution in [0.15, 0.2) is 24.4 Å². The second kappa shape index (κ2) is 4.46. The zero-order chi connectivity index (χ0) is 8.81. The van der Waals surface area contributed by atoms with Crippen LogP contribution < -0.4 is 5.32 Å². The molecule has 0 bridgehead atoms. The smallest absolute Gasteiger partial charge is 0.271 e. The van der Waals surface area contributed by atoms with Crippen molar-refractivity contribution in [2.75, 3.05) is 13.8 Å². The van der Waals surface area contributed by atoms with Crippen LogP contribution in [0.25, 0.3) is 0 Å². The second-order valence-electron chi connectivity index (χ2n) is 2.15. The number of nitrogens with one attached hydrogen (secondary N) is 1. The molecule has 0 saturated carbocycles. The molecule has 12 heavy (non-hydrogen) atoms. The van der Waals surface area contributed by atoms with Crippen LogP contribution in [-0.2, 0) is 4.74 Å². The van der Waals surface area contributed by atoms with Gasteiger partial charge in [0.1, 0.15) is 12.4 Å². The molecule has 1 aromatic rings. The molecule has 0 aliphatic rings. The Kier molecular flexibility index (Phi) is 3.22. The van der Waals surface area contributed by atoms with Crippen molar-refractivity contribution in [2.45, 2.75) is 0 Å². The highest BCUT2D eigenvalue weighted by Gasteiger charge is 2.03. The Bertz CT molecular complexity index is 248. The monoisotopic (exact) mass is 166 g/mol. The highest BCUT2D eigenvalue weighted by Crippen LogP contribution is 1.91. The Morgan fingerprint density at radius 2 is 2.50 bits per heavy atom. The van der Waals surface area contributed by atoms with Crippen molar-refractivity contribution in [3.8, 4) is 0 Å². The maximum absolute atomic E-state index is 11.1. The predicted octanol–water partition coefficient (Wildman–Crippen LogP) is 0.415. The van der Waals surface area contributed by atoms with Gasteiger partial charge in [-0.2, -0.15) is 0 Å². The highest BCUT2D eigenvalue weighted by atomic mass is 16.5. The maximum atomic E-state index is 11.1. The number of ether oxygens (including phenoxy) is 1. The van der Waals surface area contributed by atoms with Gasteiger partial charge >= 0.3 is 0 Å². The lowest BCUT2D eigenvalue weighted by Crippen LogP contribution is -2.25. The van der Waals surface area contributed by atoms with Gasteiger partial charge in [0.05, 0.1) is 0 Å². The van der Waals surface area contributed by atoms with E-state index in [2.05, 4.69) is 15.0 Å². The molecular formula is C8H10N2O2. The highest BCUT2D eigenvalue weighted by molar-refractivity contribution is 5.91. The predicted molar refractivity (Wildman–Crippen MR) is 43.6 cm³/mol. The molecule has 1 rings (SSSR count). The summed E-state index contributed by atoms with van der Waals surface area (Å²) in [6.45, 7) is 0.204. The Morgan fingerprint density at radius 3 is 3.08 bits per heavy atom. The average Bonchev–Trinajstić information content (AvgIpc) is 2.15. The minimum Gasteiger partial charge on any atom is -0.364 e. The summed E-state index contributed by atoms with van der Waals surface area (Å²) in [5, 5.41) is 2.52. The first-order valence-electron chi connectivity index (χ1n) is 3.53. The van der Waals surface area contributed by atoms with Gasteiger partial charge < -0.3 is 10.1 Å². The first-order valence-corrected chi connectivity index (χ1v) is 3.53. The average molecular weight is 166 g/mol. The van der Waals surface area contributed by atoms with Crippen molar-refractivity contribution in [3.63, 3.8) is 0 Å². The van der Waals surface area contributed by atoms with Crippen LogP contribution in [0.5, 0.6) is 0 Å². The molecule has 0 fully saturated rings. The third-order valence-electron chi connectivity index (χ3n) is 1.27. The van der Waals surface area contributed by atoms with E-state index < -0.39 is 0 Å². The first-order chi connectivity index (χ1) is 5.84. The SMILES string of the molecule is COCNC(=O)c1ccccn1. The summed E-state index contributed by atoms with van der Waals surface area (Å²) >= 11 is 0. The first kappa shape index (κ1) is 8.67. The van der Waals surface area contributed by atoms with Gasteiger partial charge in [-0.05, 0) is 12.1 Å². The molecule has 0 unspecified atom stereocenters. The van der Waals surface area contributed by atoms with Crippen LogP contribution in [0.1, 0.15) is 10.5 Å². The summed E-state index contributed by atoms with van der Waals surface area (Å²) in [5.74, 6) is -0.225. The largest absolute Gasteiger partial charge is 0.364 e. The topological polar surface area (TPSA) is 51.2 Å². The minimum absolute atomic E-state index is 0.204. The fourth-order valence-corrected chi connectivity index (χ4v) is 0.725. The van der Waals surface area contributed by atoms with Crippen LogP contribution in [0.3, 0.4) is 0 Å². The van der Waals surface area contributed by atoms with E-state index in [1.165, 1.54) is 7.11 Å². The molecule has 0 spiro atoms. The van der Waals surface area contributed by atoms with Crippen LogP contribution in [0.2, 0.25) is 0 Å². The second-order valence-corrected chi connectivity index (χ2v) is 2.15. The summed E-state index contributed by atoms with van der Waals surface area (Å²) in [6.07, 6.45) is 1.57. The van der Waals surface area contributed by atoms with Crippen molar-refractivity contribution in [1.82, 2.24) is 10.3 Å². The van der Waals surface area contributed by atoms with Crippen molar-refractivity contribution in [2.24, 2.45) is 0 Å². The molecule has 4 heteroatoms. The van der Waals surface area contributed by atoms with Crippen molar-refractivity contribution < 1.29 is 9.53 Å². The molecule has 1 amide bonds. The molecule has 4 nitrogen and oxygen atoms in total. The zero-order valence-corrected chi connectivity index (χ0v) is 6.78. The standard InChI is InChI=1S/C8H10N2O2/c1-12-6-10-8(11)7-4-2-3-5-9-7/h2-5H,6H2,1H3,(H,10,11). The van der Waals surface area contributed by atoms with Crippen LogP contribution in [0.4, 0.5) is 0 Å². The lowest BCUT2D eigenvalue weighted by Gasteiger charge is -2.01. The molecule has 1 aromatic heterocycles. The van der Waals surface area contributed by atoms with E-state index in [1.54, 1.807) is 24.4 Å². The molecule has 64 valence electrons. The van der Waals surface area contributed by atoms with Gasteiger partial charge in [0.2, 0.25) is 0 Å². The molecule has 0 atom stereocenters. The van der Waals surface area contributed by atoms with E-state index in [4.69, 9.17) is 0 Å². The summed E-state index contributed by atoms with van der Waals surface area (Å²) in [7, 11) is 1.51. The third-order valence-corrected chi connectivity index (χ3v) is 1.27. The summed E-state index contributed by atoms with van der Waals surface area (Å²) in [4.78, 5) is 15.0. The quantitative estimate of drug-likeness (QED) is 0.662. The normalized spacial score (nSPS) is 9.42. The van der Waals surface area contributed by atoms with Gasteiger partial charge in [0.25, 0.3) is 5.91 Å². The number of amides is 1. The van der Waals surface area contributed by atoms with Gasteiger partial charge in [-0.25, -0.2) is 0 Å². The summed E-state index contributed by atoms with van der Waals surface area (Å²) in [5.41, 5.74) is 0.398. The van der Waals surface area contributed by atoms with E-state index >= 15 is 0 Å². The van der Waals surface area contributed by atoms with Crippen LogP contribution in [-0.4, -0.2) is 24.7 Å². The molecule has 0 radical (unpaired) electrons. The van der Waals surface area contributed by atoms with Gasteiger partial charge in [-0.3, -0.25) is 9.78 Å². The van der Waals surface area contributed by atoms with E-state index in [9.17, 15) is 4.79 Å². The molecule has 1 N–H and O–H groups in total. The number of hydrogen-bond acceptors (Lipinski definition) is 3. The fraction of sp³-hybridized carbons (Fsp3) is 0.250. The molecule has 1 heterocycles. The Morgan fingerprint density at radius 1 is 1.67 bits per heavy atom. The minimum atomic E-state index is -0.225. The number of methoxy groups -OCH3 is 1. The molecule has 0 aromatic carbocycles. The number of carbonyl (C=O) groups excluding carboxylic acids is 1. The molecule has 0 aliphatic carbocycles. The van der Waals surface area contributed by atoms with Crippen molar-refractivity contribution in [1.29, 1.82) is 0 Å². The fourth-order valence-electron chi connectivity index (χ4n) is 0.725. The number of nitrogens with zero attached hydrogens (tertiary/aromatic N) is 1. The van der Waals surface area contributed by atoms with Gasteiger partial charge in [-0.1, -0.05) is 6.07 Å². The van der Waals surface area contributed by atoms with E-state index in [0.717, 1.165) is 0 Å². The number of pyridine rings is 1. The summed E-state index contributed by atoms with van der Waals surface area (Å²) in [6, 6.07) is 5.16. The Balaban J connectivity index is 2.54.